The fraction of sp³-hybridized carbons (Fsp3) is 0.370. The van der Waals surface area contributed by atoms with Crippen LogP contribution in [0.15, 0.2) is 60.7 Å². The first kappa shape index (κ1) is 21.9. The number of allylic oxidation sites excluding steroid dienone is 3. The highest BCUT2D eigenvalue weighted by molar-refractivity contribution is 6.05. The summed E-state index contributed by atoms with van der Waals surface area (Å²) in [4.78, 5) is 2.37. The molecule has 0 N–H and O–H groups in total. The predicted octanol–water partition coefficient (Wildman–Crippen LogP) is 6.21. The Labute approximate surface area is 182 Å². The number of hydrogen-bond donors (Lipinski definition) is 0. The Balaban J connectivity index is 1.96. The lowest BCUT2D eigenvalue weighted by molar-refractivity contribution is -0.401. The second-order valence-corrected chi connectivity index (χ2v) is 8.03. The number of methoxy groups -OCH3 is 1. The van der Waals surface area contributed by atoms with Crippen LogP contribution in [-0.4, -0.2) is 37.5 Å². The highest BCUT2D eigenvalue weighted by atomic mass is 16.5. The zero-order valence-electron chi connectivity index (χ0n) is 19.3. The van der Waals surface area contributed by atoms with Crippen LogP contribution in [0.1, 0.15) is 45.2 Å². The topological polar surface area (TPSA) is 15.5 Å². The van der Waals surface area contributed by atoms with Gasteiger partial charge in [-0.1, -0.05) is 24.3 Å². The summed E-state index contributed by atoms with van der Waals surface area (Å²) >= 11 is 0. The average molecular weight is 404 g/mol. The van der Waals surface area contributed by atoms with Gasteiger partial charge in [-0.15, -0.1) is 0 Å². The molecule has 2 aromatic rings. The average Bonchev–Trinajstić information content (AvgIpc) is 2.99. The Bertz CT molecular complexity index is 965. The van der Waals surface area contributed by atoms with E-state index in [2.05, 4.69) is 105 Å². The van der Waals surface area contributed by atoms with Gasteiger partial charge in [-0.25, -0.2) is 0 Å². The van der Waals surface area contributed by atoms with Gasteiger partial charge >= 0.3 is 0 Å². The smallest absolute Gasteiger partial charge is 0.209 e. The van der Waals surface area contributed by atoms with Gasteiger partial charge < -0.3 is 9.64 Å². The lowest BCUT2D eigenvalue weighted by atomic mass is 9.76. The zero-order chi connectivity index (χ0) is 21.7. The van der Waals surface area contributed by atoms with Crippen molar-refractivity contribution in [3.63, 3.8) is 0 Å². The third-order valence-electron chi connectivity index (χ3n) is 6.30. The molecule has 0 saturated heterocycles. The summed E-state index contributed by atoms with van der Waals surface area (Å²) in [6.07, 6.45) is 9.86. The number of ether oxygens (including phenoxy) is 1. The van der Waals surface area contributed by atoms with E-state index in [0.717, 1.165) is 25.3 Å². The highest BCUT2D eigenvalue weighted by Crippen LogP contribution is 2.44. The normalized spacial score (nSPS) is 18.5. The van der Waals surface area contributed by atoms with Crippen molar-refractivity contribution in [3.8, 4) is 5.75 Å². The van der Waals surface area contributed by atoms with E-state index in [9.17, 15) is 0 Å². The van der Waals surface area contributed by atoms with Crippen molar-refractivity contribution in [2.24, 2.45) is 0 Å². The molecule has 0 saturated carbocycles. The second-order valence-electron chi connectivity index (χ2n) is 8.03. The minimum atomic E-state index is -0.0944. The van der Waals surface area contributed by atoms with Gasteiger partial charge in [0.15, 0.2) is 5.71 Å². The first-order chi connectivity index (χ1) is 14.5. The number of nitrogens with zero attached hydrogens (tertiary/aromatic N) is 2. The molecule has 0 aliphatic carbocycles. The Kier molecular flexibility index (Phi) is 6.81. The van der Waals surface area contributed by atoms with Crippen molar-refractivity contribution in [3.05, 3.63) is 71.8 Å². The van der Waals surface area contributed by atoms with E-state index < -0.39 is 0 Å². The fourth-order valence-corrected chi connectivity index (χ4v) is 4.44. The van der Waals surface area contributed by atoms with Crippen molar-refractivity contribution in [1.82, 2.24) is 0 Å². The van der Waals surface area contributed by atoms with Gasteiger partial charge in [0.05, 0.1) is 12.5 Å². The number of hydrogen-bond acceptors (Lipinski definition) is 2. The maximum atomic E-state index is 5.52. The van der Waals surface area contributed by atoms with Gasteiger partial charge in [0.2, 0.25) is 5.69 Å². The van der Waals surface area contributed by atoms with Crippen LogP contribution < -0.4 is 9.64 Å². The van der Waals surface area contributed by atoms with Crippen molar-refractivity contribution >= 4 is 23.2 Å². The molecular weight excluding hydrogens is 368 g/mol. The summed E-state index contributed by atoms with van der Waals surface area (Å²) < 4.78 is 7.84. The molecule has 1 heterocycles. The first-order valence-electron chi connectivity index (χ1n) is 10.9. The summed E-state index contributed by atoms with van der Waals surface area (Å²) in [6.45, 7) is 10.9. The number of rotatable bonds is 8. The molecule has 0 fully saturated rings. The van der Waals surface area contributed by atoms with Gasteiger partial charge in [-0.05, 0) is 70.0 Å². The van der Waals surface area contributed by atoms with E-state index in [1.165, 1.54) is 28.2 Å². The Morgan fingerprint density at radius 2 is 1.73 bits per heavy atom. The minimum absolute atomic E-state index is 0.0944. The fourth-order valence-electron chi connectivity index (χ4n) is 4.44. The molecule has 0 bridgehead atoms. The number of benzene rings is 2. The van der Waals surface area contributed by atoms with Crippen LogP contribution in [0.25, 0.3) is 6.08 Å². The van der Waals surface area contributed by atoms with E-state index in [1.54, 1.807) is 7.11 Å². The van der Waals surface area contributed by atoms with Gasteiger partial charge in [-0.2, -0.15) is 4.58 Å². The lowest BCUT2D eigenvalue weighted by Gasteiger charge is -2.21. The van der Waals surface area contributed by atoms with E-state index in [-0.39, 0.29) is 5.41 Å². The van der Waals surface area contributed by atoms with Crippen LogP contribution in [0.3, 0.4) is 0 Å². The summed E-state index contributed by atoms with van der Waals surface area (Å²) in [5, 5.41) is 0. The SMILES string of the molecule is C/C=C/CC1(C)C(/C=C/c2ccc(N(CC)CC)cc2)=[N+](C)c2ccc(OC)cc21. The zero-order valence-corrected chi connectivity index (χ0v) is 19.3. The van der Waals surface area contributed by atoms with Gasteiger partial charge in [0.25, 0.3) is 0 Å². The molecule has 158 valence electrons. The molecule has 1 unspecified atom stereocenters. The van der Waals surface area contributed by atoms with Gasteiger partial charge in [0, 0.05) is 36.5 Å². The summed E-state index contributed by atoms with van der Waals surface area (Å²) in [5.74, 6) is 0.908. The largest absolute Gasteiger partial charge is 0.497 e. The van der Waals surface area contributed by atoms with Crippen molar-refractivity contribution < 1.29 is 9.31 Å². The monoisotopic (exact) mass is 403 g/mol. The molecule has 3 nitrogen and oxygen atoms in total. The molecule has 3 rings (SSSR count). The third-order valence-corrected chi connectivity index (χ3v) is 6.30. The highest BCUT2D eigenvalue weighted by Gasteiger charge is 2.46. The molecule has 2 aromatic carbocycles. The third kappa shape index (κ3) is 4.07. The van der Waals surface area contributed by atoms with Crippen LogP contribution in [0.4, 0.5) is 11.4 Å². The van der Waals surface area contributed by atoms with Crippen LogP contribution in [0.5, 0.6) is 5.75 Å². The van der Waals surface area contributed by atoms with Crippen LogP contribution in [0.2, 0.25) is 0 Å². The molecule has 1 aliphatic rings. The molecule has 1 aliphatic heterocycles. The van der Waals surface area contributed by atoms with E-state index in [4.69, 9.17) is 4.74 Å². The summed E-state index contributed by atoms with van der Waals surface area (Å²) in [5.41, 5.74) is 6.27. The predicted molar refractivity (Wildman–Crippen MR) is 130 cm³/mol. The minimum Gasteiger partial charge on any atom is -0.497 e. The van der Waals surface area contributed by atoms with Crippen molar-refractivity contribution in [1.29, 1.82) is 0 Å². The Hall–Kier alpha value is -2.81. The van der Waals surface area contributed by atoms with Crippen LogP contribution in [0, 0.1) is 0 Å². The molecule has 1 atom stereocenters. The summed E-state index contributed by atoms with van der Waals surface area (Å²) in [6, 6.07) is 15.3. The molecule has 30 heavy (non-hydrogen) atoms. The first-order valence-corrected chi connectivity index (χ1v) is 10.9. The molecule has 3 heteroatoms. The molecular formula is C27H35N2O+. The standard InChI is InChI=1S/C27H35N2O/c1-7-10-19-27(4)24-20-23(30-6)16-17-25(24)28(5)26(27)18-13-21-11-14-22(15-12-21)29(8-2)9-3/h7,10-18,20H,8-9,19H2,1-6H3/q+1/b10-7+. The molecule has 0 aromatic heterocycles. The Morgan fingerprint density at radius 3 is 2.33 bits per heavy atom. The maximum Gasteiger partial charge on any atom is 0.209 e. The maximum absolute atomic E-state index is 5.52. The van der Waals surface area contributed by atoms with E-state index >= 15 is 0 Å². The van der Waals surface area contributed by atoms with E-state index in [0.29, 0.717) is 0 Å². The van der Waals surface area contributed by atoms with Gasteiger partial charge in [-0.3, -0.25) is 0 Å². The quantitative estimate of drug-likeness (QED) is 0.385. The molecule has 0 amide bonds. The van der Waals surface area contributed by atoms with Crippen molar-refractivity contribution in [2.75, 3.05) is 32.1 Å². The molecule has 0 spiro atoms. The van der Waals surface area contributed by atoms with Crippen LogP contribution in [-0.2, 0) is 5.41 Å². The summed E-state index contributed by atoms with van der Waals surface area (Å²) in [7, 11) is 3.89. The second kappa shape index (κ2) is 9.34. The van der Waals surface area contributed by atoms with Crippen LogP contribution >= 0.6 is 0 Å². The number of anilines is 1. The van der Waals surface area contributed by atoms with Crippen molar-refractivity contribution in [2.45, 2.75) is 39.5 Å². The van der Waals surface area contributed by atoms with Gasteiger partial charge in [0.1, 0.15) is 12.8 Å². The molecule has 0 radical (unpaired) electrons. The Morgan fingerprint density at radius 1 is 1.03 bits per heavy atom. The van der Waals surface area contributed by atoms with E-state index in [1.807, 2.05) is 6.07 Å². The lowest BCUT2D eigenvalue weighted by Crippen LogP contribution is -2.30. The number of fused-ring (bicyclic) bond motifs is 1.